The van der Waals surface area contributed by atoms with E-state index in [1.165, 1.54) is 0 Å². The van der Waals surface area contributed by atoms with Crippen LogP contribution in [0.25, 0.3) is 16.9 Å². The lowest BCUT2D eigenvalue weighted by Crippen LogP contribution is -1.87. The van der Waals surface area contributed by atoms with Crippen molar-refractivity contribution in [3.63, 3.8) is 0 Å². The van der Waals surface area contributed by atoms with Crippen LogP contribution in [-0.2, 0) is 6.61 Å². The molecule has 0 fully saturated rings. The first-order chi connectivity index (χ1) is 9.17. The van der Waals surface area contributed by atoms with Crippen LogP contribution in [0.2, 0.25) is 10.0 Å². The minimum atomic E-state index is 0.000391. The van der Waals surface area contributed by atoms with E-state index in [0.717, 1.165) is 22.5 Å². The van der Waals surface area contributed by atoms with E-state index >= 15 is 0 Å². The van der Waals surface area contributed by atoms with Gasteiger partial charge < -0.3 is 9.51 Å². The highest BCUT2D eigenvalue weighted by Crippen LogP contribution is 2.29. The first-order valence-electron chi connectivity index (χ1n) is 5.71. The summed E-state index contributed by atoms with van der Waals surface area (Å²) in [5.41, 5.74) is 3.21. The van der Waals surface area contributed by atoms with Gasteiger partial charge in [-0.05, 0) is 35.9 Å². The Hall–Kier alpha value is -1.55. The molecule has 0 spiro atoms. The zero-order valence-corrected chi connectivity index (χ0v) is 11.4. The van der Waals surface area contributed by atoms with Crippen LogP contribution in [0.3, 0.4) is 0 Å². The zero-order valence-electron chi connectivity index (χ0n) is 9.85. The molecule has 0 amide bonds. The smallest absolute Gasteiger partial charge is 0.137 e. The van der Waals surface area contributed by atoms with E-state index in [2.05, 4.69) is 4.98 Å². The Bertz CT molecular complexity index is 752. The number of aliphatic hydroxyl groups is 1. The van der Waals surface area contributed by atoms with Crippen molar-refractivity contribution in [2.24, 2.45) is 0 Å². The molecule has 19 heavy (non-hydrogen) atoms. The van der Waals surface area contributed by atoms with E-state index in [1.54, 1.807) is 12.1 Å². The van der Waals surface area contributed by atoms with Crippen LogP contribution in [0, 0.1) is 0 Å². The Labute approximate surface area is 120 Å². The molecule has 0 aliphatic rings. The average Bonchev–Trinajstić information content (AvgIpc) is 2.80. The number of nitrogens with zero attached hydrogens (tertiary/aromatic N) is 2. The predicted octanol–water partition coefficient (Wildman–Crippen LogP) is 3.80. The highest BCUT2D eigenvalue weighted by atomic mass is 35.5. The van der Waals surface area contributed by atoms with Crippen LogP contribution in [0.15, 0.2) is 42.7 Å². The number of aromatic nitrogens is 2. The lowest BCUT2D eigenvalue weighted by molar-refractivity contribution is 0.282. The van der Waals surface area contributed by atoms with E-state index in [4.69, 9.17) is 28.3 Å². The number of rotatable bonds is 2. The van der Waals surface area contributed by atoms with Crippen LogP contribution in [0.5, 0.6) is 0 Å². The van der Waals surface area contributed by atoms with Gasteiger partial charge in [0, 0.05) is 23.0 Å². The summed E-state index contributed by atoms with van der Waals surface area (Å²) in [5.74, 6) is 0. The molecular weight excluding hydrogens is 283 g/mol. The summed E-state index contributed by atoms with van der Waals surface area (Å²) in [6.45, 7) is 0.000391. The summed E-state index contributed by atoms with van der Waals surface area (Å²) >= 11 is 12.1. The van der Waals surface area contributed by atoms with Crippen molar-refractivity contribution < 1.29 is 5.11 Å². The number of aliphatic hydroxyl groups excluding tert-OH is 1. The fourth-order valence-corrected chi connectivity index (χ4v) is 2.45. The minimum absolute atomic E-state index is 0.000391. The monoisotopic (exact) mass is 292 g/mol. The van der Waals surface area contributed by atoms with Gasteiger partial charge in [0.1, 0.15) is 5.65 Å². The van der Waals surface area contributed by atoms with Crippen molar-refractivity contribution in [2.45, 2.75) is 6.61 Å². The Morgan fingerprint density at radius 1 is 1.16 bits per heavy atom. The predicted molar refractivity (Wildman–Crippen MR) is 76.6 cm³/mol. The standard InChI is InChI=1S/C14H10Cl2N2O/c15-10-1-2-11(12(16)6-10)13-7-18-4-3-9(8-19)5-14(18)17-13/h1-7,19H,8H2. The third kappa shape index (κ3) is 2.32. The van der Waals surface area contributed by atoms with Crippen LogP contribution < -0.4 is 0 Å². The number of benzene rings is 1. The molecule has 5 heteroatoms. The van der Waals surface area contributed by atoms with Crippen LogP contribution in [0.4, 0.5) is 0 Å². The molecule has 96 valence electrons. The number of halogens is 2. The van der Waals surface area contributed by atoms with Gasteiger partial charge in [-0.25, -0.2) is 4.98 Å². The molecule has 0 atom stereocenters. The second kappa shape index (κ2) is 4.85. The van der Waals surface area contributed by atoms with Gasteiger partial charge in [0.2, 0.25) is 0 Å². The van der Waals surface area contributed by atoms with Crippen molar-refractivity contribution in [1.29, 1.82) is 0 Å². The molecule has 3 nitrogen and oxygen atoms in total. The normalized spacial score (nSPS) is 11.1. The van der Waals surface area contributed by atoms with Crippen LogP contribution in [-0.4, -0.2) is 14.5 Å². The van der Waals surface area contributed by atoms with E-state index in [-0.39, 0.29) is 6.61 Å². The second-order valence-electron chi connectivity index (χ2n) is 4.21. The summed E-state index contributed by atoms with van der Waals surface area (Å²) in [7, 11) is 0. The van der Waals surface area contributed by atoms with E-state index < -0.39 is 0 Å². The number of imidazole rings is 1. The minimum Gasteiger partial charge on any atom is -0.392 e. The van der Waals surface area contributed by atoms with E-state index in [9.17, 15) is 0 Å². The van der Waals surface area contributed by atoms with Crippen molar-refractivity contribution in [2.75, 3.05) is 0 Å². The number of fused-ring (bicyclic) bond motifs is 1. The van der Waals surface area contributed by atoms with Gasteiger partial charge in [-0.1, -0.05) is 23.2 Å². The number of pyridine rings is 1. The molecule has 0 bridgehead atoms. The van der Waals surface area contributed by atoms with Gasteiger partial charge in [-0.2, -0.15) is 0 Å². The molecule has 0 unspecified atom stereocenters. The Balaban J connectivity index is 2.14. The largest absolute Gasteiger partial charge is 0.392 e. The lowest BCUT2D eigenvalue weighted by Gasteiger charge is -2.00. The molecule has 1 N–H and O–H groups in total. The summed E-state index contributed by atoms with van der Waals surface area (Å²) in [4.78, 5) is 4.51. The highest BCUT2D eigenvalue weighted by molar-refractivity contribution is 6.36. The maximum atomic E-state index is 9.12. The zero-order chi connectivity index (χ0) is 13.4. The van der Waals surface area contributed by atoms with Gasteiger partial charge >= 0.3 is 0 Å². The van der Waals surface area contributed by atoms with Gasteiger partial charge in [0.15, 0.2) is 0 Å². The maximum absolute atomic E-state index is 9.12. The second-order valence-corrected chi connectivity index (χ2v) is 5.05. The lowest BCUT2D eigenvalue weighted by atomic mass is 10.2. The number of hydrogen-bond acceptors (Lipinski definition) is 2. The van der Waals surface area contributed by atoms with Crippen molar-refractivity contribution >= 4 is 28.8 Å². The van der Waals surface area contributed by atoms with Crippen molar-refractivity contribution in [1.82, 2.24) is 9.38 Å². The highest BCUT2D eigenvalue weighted by Gasteiger charge is 2.09. The first kappa shape index (κ1) is 12.5. The average molecular weight is 293 g/mol. The molecular formula is C14H10Cl2N2O. The topological polar surface area (TPSA) is 37.5 Å². The molecule has 1 aromatic carbocycles. The molecule has 3 aromatic rings. The summed E-state index contributed by atoms with van der Waals surface area (Å²) in [6.07, 6.45) is 3.76. The Kier molecular flexibility index (Phi) is 3.19. The SMILES string of the molecule is OCc1ccn2cc(-c3ccc(Cl)cc3Cl)nc2c1. The quantitative estimate of drug-likeness (QED) is 0.780. The van der Waals surface area contributed by atoms with Crippen LogP contribution >= 0.6 is 23.2 Å². The third-order valence-electron chi connectivity index (χ3n) is 2.91. The Morgan fingerprint density at radius 2 is 2.00 bits per heavy atom. The molecule has 0 aliphatic carbocycles. The third-order valence-corrected chi connectivity index (χ3v) is 3.46. The van der Waals surface area contributed by atoms with Crippen LogP contribution in [0.1, 0.15) is 5.56 Å². The summed E-state index contributed by atoms with van der Waals surface area (Å²) < 4.78 is 1.89. The molecule has 0 saturated heterocycles. The maximum Gasteiger partial charge on any atom is 0.137 e. The van der Waals surface area contributed by atoms with Gasteiger partial charge in [0.05, 0.1) is 17.3 Å². The fourth-order valence-electron chi connectivity index (χ4n) is 1.95. The molecule has 2 aromatic heterocycles. The van der Waals surface area contributed by atoms with E-state index in [1.807, 2.05) is 35.0 Å². The van der Waals surface area contributed by atoms with Gasteiger partial charge in [0.25, 0.3) is 0 Å². The van der Waals surface area contributed by atoms with Gasteiger partial charge in [-0.3, -0.25) is 0 Å². The molecule has 2 heterocycles. The van der Waals surface area contributed by atoms with Gasteiger partial charge in [-0.15, -0.1) is 0 Å². The van der Waals surface area contributed by atoms with Crippen molar-refractivity contribution in [3.05, 3.63) is 58.3 Å². The Morgan fingerprint density at radius 3 is 2.74 bits per heavy atom. The molecule has 0 radical (unpaired) electrons. The van der Waals surface area contributed by atoms with Crippen molar-refractivity contribution in [3.8, 4) is 11.3 Å². The molecule has 0 saturated carbocycles. The molecule has 3 rings (SSSR count). The van der Waals surface area contributed by atoms with E-state index in [0.29, 0.717) is 10.0 Å². The first-order valence-corrected chi connectivity index (χ1v) is 6.47. The number of hydrogen-bond donors (Lipinski definition) is 1. The molecule has 0 aliphatic heterocycles. The fraction of sp³-hybridized carbons (Fsp3) is 0.0714. The summed E-state index contributed by atoms with van der Waals surface area (Å²) in [5, 5.41) is 10.3. The summed E-state index contributed by atoms with van der Waals surface area (Å²) in [6, 6.07) is 9.02.